The zero-order valence-corrected chi connectivity index (χ0v) is 15.1. The number of halogens is 1. The van der Waals surface area contributed by atoms with E-state index in [0.717, 1.165) is 9.86 Å². The first-order valence-electron chi connectivity index (χ1n) is 6.96. The maximum Gasteiger partial charge on any atom is 0.338 e. The number of nitrogens with one attached hydrogen (secondary N) is 1. The highest BCUT2D eigenvalue weighted by atomic mass is 79.9. The molecule has 1 atom stereocenters. The van der Waals surface area contributed by atoms with E-state index >= 15 is 0 Å². The number of hydrogen-bond donors (Lipinski definition) is 2. The lowest BCUT2D eigenvalue weighted by Gasteiger charge is -2.21. The summed E-state index contributed by atoms with van der Waals surface area (Å²) in [6.45, 7) is 5.54. The number of thiophene rings is 1. The van der Waals surface area contributed by atoms with Gasteiger partial charge < -0.3 is 10.4 Å². The summed E-state index contributed by atoms with van der Waals surface area (Å²) in [7, 11) is 0. The summed E-state index contributed by atoms with van der Waals surface area (Å²) in [6.07, 6.45) is 0. The van der Waals surface area contributed by atoms with Gasteiger partial charge in [0.1, 0.15) is 16.1 Å². The van der Waals surface area contributed by atoms with Crippen LogP contribution >= 0.6 is 27.3 Å². The van der Waals surface area contributed by atoms with Crippen molar-refractivity contribution in [1.82, 2.24) is 10.3 Å². The second kappa shape index (κ2) is 5.38. The highest BCUT2D eigenvalue weighted by Gasteiger charge is 2.43. The summed E-state index contributed by atoms with van der Waals surface area (Å²) < 4.78 is 0.795. The molecule has 0 aliphatic carbocycles. The first-order valence-corrected chi connectivity index (χ1v) is 8.64. The van der Waals surface area contributed by atoms with Gasteiger partial charge in [-0.05, 0) is 34.8 Å². The number of rotatable bonds is 3. The molecule has 2 aromatic heterocycles. The first kappa shape index (κ1) is 16.1. The Hall–Kier alpha value is -1.80. The molecule has 6 nitrogen and oxygen atoms in total. The largest absolute Gasteiger partial charge is 0.478 e. The van der Waals surface area contributed by atoms with Crippen molar-refractivity contribution in [2.24, 2.45) is 10.9 Å². The molecule has 2 aromatic rings. The number of hydrogen-bond acceptors (Lipinski definition) is 5. The Bertz CT molecular complexity index is 874. The fraction of sp³-hybridized carbons (Fsp3) is 0.333. The van der Waals surface area contributed by atoms with Crippen molar-refractivity contribution >= 4 is 55.2 Å². The fourth-order valence-electron chi connectivity index (χ4n) is 2.32. The molecule has 1 amide bonds. The van der Waals surface area contributed by atoms with Crippen LogP contribution in [0.4, 0.5) is 0 Å². The maximum atomic E-state index is 12.3. The molecule has 0 aromatic carbocycles. The van der Waals surface area contributed by atoms with Crippen LogP contribution in [0.15, 0.2) is 20.9 Å². The maximum absolute atomic E-state index is 12.3. The highest BCUT2D eigenvalue weighted by Crippen LogP contribution is 2.32. The van der Waals surface area contributed by atoms with Gasteiger partial charge in [0.25, 0.3) is 5.91 Å². The van der Waals surface area contributed by atoms with E-state index in [4.69, 9.17) is 0 Å². The van der Waals surface area contributed by atoms with E-state index in [9.17, 15) is 14.7 Å². The molecule has 120 valence electrons. The van der Waals surface area contributed by atoms with Gasteiger partial charge in [0.15, 0.2) is 5.84 Å². The molecule has 0 fully saturated rings. The van der Waals surface area contributed by atoms with Crippen LogP contribution in [0.5, 0.6) is 0 Å². The third-order valence-electron chi connectivity index (χ3n) is 4.13. The molecule has 8 heteroatoms. The van der Waals surface area contributed by atoms with E-state index in [1.54, 1.807) is 13.0 Å². The topological polar surface area (TPSA) is 91.7 Å². The minimum absolute atomic E-state index is 0.0173. The Morgan fingerprint density at radius 3 is 2.74 bits per heavy atom. The molecule has 1 unspecified atom stereocenters. The first-order chi connectivity index (χ1) is 10.7. The van der Waals surface area contributed by atoms with E-state index in [1.807, 2.05) is 19.2 Å². The van der Waals surface area contributed by atoms with Gasteiger partial charge in [-0.1, -0.05) is 13.8 Å². The van der Waals surface area contributed by atoms with Crippen LogP contribution in [-0.4, -0.2) is 33.3 Å². The molecule has 2 N–H and O–H groups in total. The molecule has 0 saturated carbocycles. The van der Waals surface area contributed by atoms with Crippen molar-refractivity contribution in [1.29, 1.82) is 0 Å². The van der Waals surface area contributed by atoms with Crippen molar-refractivity contribution in [3.63, 3.8) is 0 Å². The fourth-order valence-corrected chi connectivity index (χ4v) is 3.82. The number of aromatic carboxylic acids is 1. The zero-order chi connectivity index (χ0) is 16.9. The Labute approximate surface area is 144 Å². The van der Waals surface area contributed by atoms with Crippen LogP contribution in [0, 0.1) is 5.92 Å². The summed E-state index contributed by atoms with van der Waals surface area (Å²) in [4.78, 5) is 33.4. The van der Waals surface area contributed by atoms with Gasteiger partial charge in [-0.15, -0.1) is 11.3 Å². The molecular formula is C15H14BrN3O3S. The van der Waals surface area contributed by atoms with Crippen molar-refractivity contribution in [3.8, 4) is 0 Å². The molecule has 3 heterocycles. The molecule has 23 heavy (non-hydrogen) atoms. The van der Waals surface area contributed by atoms with E-state index < -0.39 is 11.5 Å². The van der Waals surface area contributed by atoms with Gasteiger partial charge in [-0.2, -0.15) is 0 Å². The van der Waals surface area contributed by atoms with Crippen molar-refractivity contribution < 1.29 is 14.7 Å². The van der Waals surface area contributed by atoms with Crippen LogP contribution in [0.1, 0.15) is 36.8 Å². The summed E-state index contributed by atoms with van der Waals surface area (Å²) in [5.74, 6) is -1.15. The number of amides is 1. The summed E-state index contributed by atoms with van der Waals surface area (Å²) in [5, 5.41) is 14.8. The number of carbonyl (C=O) groups is 2. The van der Waals surface area contributed by atoms with Crippen LogP contribution in [0.3, 0.4) is 0 Å². The average Bonchev–Trinajstić information content (AvgIpc) is 3.00. The van der Waals surface area contributed by atoms with Gasteiger partial charge in [0.2, 0.25) is 0 Å². The second-order valence-corrected chi connectivity index (χ2v) is 7.56. The lowest BCUT2D eigenvalue weighted by molar-refractivity contribution is -0.124. The van der Waals surface area contributed by atoms with Gasteiger partial charge >= 0.3 is 5.97 Å². The predicted octanol–water partition coefficient (Wildman–Crippen LogP) is 3.05. The molecule has 0 radical (unpaired) electrons. The number of nitrogens with zero attached hydrogens (tertiary/aromatic N) is 2. The zero-order valence-electron chi connectivity index (χ0n) is 12.7. The lowest BCUT2D eigenvalue weighted by Crippen LogP contribution is -2.41. The average molecular weight is 396 g/mol. The molecule has 0 saturated heterocycles. The Morgan fingerprint density at radius 1 is 1.48 bits per heavy atom. The number of carbonyl (C=O) groups excluding carboxylic acids is 1. The number of amidine groups is 1. The predicted molar refractivity (Wildman–Crippen MR) is 92.2 cm³/mol. The van der Waals surface area contributed by atoms with E-state index in [-0.39, 0.29) is 28.9 Å². The molecule has 1 aliphatic heterocycles. The van der Waals surface area contributed by atoms with Crippen LogP contribution in [-0.2, 0) is 4.79 Å². The monoisotopic (exact) mass is 395 g/mol. The van der Waals surface area contributed by atoms with Crippen molar-refractivity contribution in [2.45, 2.75) is 26.3 Å². The quantitative estimate of drug-likeness (QED) is 0.834. The number of carboxylic acid groups (broad SMARTS) is 1. The van der Waals surface area contributed by atoms with Gasteiger partial charge in [-0.3, -0.25) is 4.79 Å². The van der Waals surface area contributed by atoms with Crippen LogP contribution in [0.2, 0.25) is 0 Å². The third kappa shape index (κ3) is 2.46. The third-order valence-corrected chi connectivity index (χ3v) is 5.98. The minimum Gasteiger partial charge on any atom is -0.478 e. The number of pyridine rings is 1. The highest BCUT2D eigenvalue weighted by molar-refractivity contribution is 9.10. The molecule has 0 spiro atoms. The van der Waals surface area contributed by atoms with Gasteiger partial charge in [0, 0.05) is 15.2 Å². The standard InChI is InChI=1S/C15H14BrN3O3S/c1-6(2)15(3)14(22)18-11(19-15)10-8(13(20)21)4-7-9(16)5-23-12(7)17-10/h4-6H,1-3H3,(H,20,21)(H,18,19,22). The van der Waals surface area contributed by atoms with E-state index in [0.29, 0.717) is 4.83 Å². The van der Waals surface area contributed by atoms with E-state index in [1.165, 1.54) is 11.3 Å². The molecular weight excluding hydrogens is 382 g/mol. The smallest absolute Gasteiger partial charge is 0.338 e. The number of aliphatic imine (C=N–C) groups is 1. The lowest BCUT2D eigenvalue weighted by atomic mass is 9.89. The summed E-state index contributed by atoms with van der Waals surface area (Å²) in [6, 6.07) is 1.56. The van der Waals surface area contributed by atoms with Crippen molar-refractivity contribution in [3.05, 3.63) is 27.2 Å². The molecule has 3 rings (SSSR count). The van der Waals surface area contributed by atoms with Crippen LogP contribution in [0.25, 0.3) is 10.2 Å². The van der Waals surface area contributed by atoms with Gasteiger partial charge in [0.05, 0.1) is 5.56 Å². The normalized spacial score (nSPS) is 20.9. The number of carboxylic acids is 1. The minimum atomic E-state index is -1.11. The number of aromatic nitrogens is 1. The SMILES string of the molecule is CC(C)C1(C)N=C(c2nc3scc(Br)c3cc2C(=O)O)NC1=O. The van der Waals surface area contributed by atoms with E-state index in [2.05, 4.69) is 31.2 Å². The molecule has 1 aliphatic rings. The van der Waals surface area contributed by atoms with Gasteiger partial charge in [-0.25, -0.2) is 14.8 Å². The Morgan fingerprint density at radius 2 is 2.17 bits per heavy atom. The summed E-state index contributed by atoms with van der Waals surface area (Å²) in [5.41, 5.74) is -0.710. The molecule has 0 bridgehead atoms. The Kier molecular flexibility index (Phi) is 3.76. The Balaban J connectivity index is 2.22. The van der Waals surface area contributed by atoms with Crippen molar-refractivity contribution in [2.75, 3.05) is 0 Å². The van der Waals surface area contributed by atoms with Crippen LogP contribution < -0.4 is 5.32 Å². The number of fused-ring (bicyclic) bond motifs is 1. The summed E-state index contributed by atoms with van der Waals surface area (Å²) >= 11 is 4.78. The second-order valence-electron chi connectivity index (χ2n) is 5.84.